The third-order valence-electron chi connectivity index (χ3n) is 1.79. The van der Waals surface area contributed by atoms with Crippen molar-refractivity contribution in [2.75, 3.05) is 24.7 Å². The van der Waals surface area contributed by atoms with E-state index in [0.717, 1.165) is 0 Å². The molecule has 1 aromatic heterocycles. The van der Waals surface area contributed by atoms with E-state index in [1.54, 1.807) is 0 Å². The summed E-state index contributed by atoms with van der Waals surface area (Å²) in [5.74, 6) is -0.118. The highest BCUT2D eigenvalue weighted by atomic mass is 35.5. The summed E-state index contributed by atoms with van der Waals surface area (Å²) in [6, 6.07) is 0. The summed E-state index contributed by atoms with van der Waals surface area (Å²) in [5.41, 5.74) is -0.222. The summed E-state index contributed by atoms with van der Waals surface area (Å²) < 4.78 is 24.3. The van der Waals surface area contributed by atoms with Crippen molar-refractivity contribution in [1.29, 1.82) is 0 Å². The summed E-state index contributed by atoms with van der Waals surface area (Å²) in [7, 11) is -1.94. The van der Waals surface area contributed by atoms with E-state index in [9.17, 15) is 13.2 Å². The molecule has 0 amide bonds. The number of hydrogen-bond acceptors (Lipinski definition) is 5. The maximum atomic E-state index is 11.1. The van der Waals surface area contributed by atoms with Crippen LogP contribution in [0.5, 0.6) is 0 Å². The van der Waals surface area contributed by atoms with Gasteiger partial charge in [0.2, 0.25) is 10.0 Å². The summed E-state index contributed by atoms with van der Waals surface area (Å²) in [6.07, 6.45) is 1.32. The normalized spacial score (nSPS) is 11.4. The van der Waals surface area contributed by atoms with Gasteiger partial charge in [0.05, 0.1) is 17.6 Å². The Hall–Kier alpha value is -1.12. The van der Waals surface area contributed by atoms with Gasteiger partial charge in [0, 0.05) is 6.54 Å². The van der Waals surface area contributed by atoms with Crippen molar-refractivity contribution < 1.29 is 8.42 Å². The molecule has 0 unspecified atom stereocenters. The lowest BCUT2D eigenvalue weighted by Crippen LogP contribution is -2.26. The van der Waals surface area contributed by atoms with Crippen molar-refractivity contribution in [2.45, 2.75) is 0 Å². The fraction of sp³-hybridized carbons (Fsp3) is 0.429. The molecule has 0 fully saturated rings. The zero-order valence-electron chi connectivity index (χ0n) is 8.45. The lowest BCUT2D eigenvalue weighted by atomic mass is 10.4. The molecule has 0 aliphatic rings. The van der Waals surface area contributed by atoms with Crippen LogP contribution < -0.4 is 15.6 Å². The first-order chi connectivity index (χ1) is 7.46. The van der Waals surface area contributed by atoms with E-state index in [1.165, 1.54) is 13.2 Å². The number of H-pyrrole nitrogens is 1. The van der Waals surface area contributed by atoms with Crippen LogP contribution >= 0.6 is 11.6 Å². The smallest absolute Gasteiger partial charge is 0.285 e. The number of nitrogens with zero attached hydrogens (tertiary/aromatic N) is 1. The number of nitrogens with one attached hydrogen (secondary N) is 3. The fourth-order valence-electron chi connectivity index (χ4n) is 0.929. The van der Waals surface area contributed by atoms with Crippen molar-refractivity contribution in [3.8, 4) is 0 Å². The molecule has 90 valence electrons. The number of aromatic nitrogens is 2. The van der Waals surface area contributed by atoms with E-state index in [4.69, 9.17) is 11.6 Å². The topological polar surface area (TPSA) is 104 Å². The van der Waals surface area contributed by atoms with E-state index in [1.807, 2.05) is 0 Å². The lowest BCUT2D eigenvalue weighted by molar-refractivity contribution is 0.588. The van der Waals surface area contributed by atoms with Gasteiger partial charge in [0.1, 0.15) is 5.02 Å². The second kappa shape index (κ2) is 5.28. The highest BCUT2D eigenvalue weighted by molar-refractivity contribution is 7.89. The Morgan fingerprint density at radius 1 is 1.56 bits per heavy atom. The van der Waals surface area contributed by atoms with Gasteiger partial charge >= 0.3 is 0 Å². The molecular formula is C7H11ClN4O3S. The number of sulfonamides is 1. The van der Waals surface area contributed by atoms with E-state index < -0.39 is 15.6 Å². The molecule has 3 N–H and O–H groups in total. The van der Waals surface area contributed by atoms with Crippen LogP contribution in [0.15, 0.2) is 11.0 Å². The van der Waals surface area contributed by atoms with E-state index in [0.29, 0.717) is 5.69 Å². The maximum Gasteiger partial charge on any atom is 0.285 e. The summed E-state index contributed by atoms with van der Waals surface area (Å²) in [4.78, 5) is 11.0. The van der Waals surface area contributed by atoms with Crippen LogP contribution in [-0.4, -0.2) is 38.0 Å². The Kier molecular flexibility index (Phi) is 4.27. The first kappa shape index (κ1) is 12.9. The minimum absolute atomic E-state index is 0.0446. The van der Waals surface area contributed by atoms with Crippen molar-refractivity contribution in [1.82, 2.24) is 14.9 Å². The molecule has 1 rings (SSSR count). The van der Waals surface area contributed by atoms with E-state index in [-0.39, 0.29) is 17.3 Å². The molecular weight excluding hydrogens is 256 g/mol. The third-order valence-corrected chi connectivity index (χ3v) is 3.53. The van der Waals surface area contributed by atoms with Crippen LogP contribution in [0.1, 0.15) is 0 Å². The number of anilines is 1. The molecule has 1 heterocycles. The average Bonchev–Trinajstić information content (AvgIpc) is 2.24. The Morgan fingerprint density at radius 3 is 2.88 bits per heavy atom. The van der Waals surface area contributed by atoms with Crippen LogP contribution in [0, 0.1) is 0 Å². The molecule has 0 bridgehead atoms. The molecule has 0 radical (unpaired) electrons. The van der Waals surface area contributed by atoms with Gasteiger partial charge in [0.25, 0.3) is 5.56 Å². The largest absolute Gasteiger partial charge is 0.381 e. The quantitative estimate of drug-likeness (QED) is 0.659. The Balaban J connectivity index is 2.63. The zero-order chi connectivity index (χ0) is 12.2. The van der Waals surface area contributed by atoms with Gasteiger partial charge in [0.15, 0.2) is 0 Å². The zero-order valence-corrected chi connectivity index (χ0v) is 10.0. The third kappa shape index (κ3) is 3.47. The summed E-state index contributed by atoms with van der Waals surface area (Å²) in [5, 5.41) is 8.35. The molecule has 0 saturated heterocycles. The first-order valence-corrected chi connectivity index (χ1v) is 6.37. The monoisotopic (exact) mass is 266 g/mol. The number of halogens is 1. The van der Waals surface area contributed by atoms with Gasteiger partial charge in [-0.2, -0.15) is 5.10 Å². The Morgan fingerprint density at radius 2 is 2.25 bits per heavy atom. The van der Waals surface area contributed by atoms with Crippen molar-refractivity contribution in [3.05, 3.63) is 21.6 Å². The first-order valence-electron chi connectivity index (χ1n) is 4.34. The number of rotatable bonds is 5. The molecule has 0 atom stereocenters. The van der Waals surface area contributed by atoms with Gasteiger partial charge in [-0.1, -0.05) is 11.6 Å². The molecule has 7 nitrogen and oxygen atoms in total. The Bertz CT molecular complexity index is 513. The average molecular weight is 267 g/mol. The molecule has 0 aliphatic heterocycles. The van der Waals surface area contributed by atoms with Crippen molar-refractivity contribution in [2.24, 2.45) is 0 Å². The summed E-state index contributed by atoms with van der Waals surface area (Å²) >= 11 is 5.67. The molecule has 9 heteroatoms. The van der Waals surface area contributed by atoms with Gasteiger partial charge in [-0.05, 0) is 7.05 Å². The second-order valence-electron chi connectivity index (χ2n) is 2.88. The van der Waals surface area contributed by atoms with E-state index in [2.05, 4.69) is 20.2 Å². The maximum absolute atomic E-state index is 11.1. The molecule has 1 aromatic rings. The number of hydrogen-bond donors (Lipinski definition) is 3. The van der Waals surface area contributed by atoms with Crippen LogP contribution in [0.3, 0.4) is 0 Å². The number of aromatic amines is 1. The van der Waals surface area contributed by atoms with E-state index >= 15 is 0 Å². The highest BCUT2D eigenvalue weighted by Gasteiger charge is 2.08. The second-order valence-corrected chi connectivity index (χ2v) is 5.30. The SMILES string of the molecule is CNS(=O)(=O)CCNc1cn[nH]c(=O)c1Cl. The standard InChI is InChI=1S/C7H11ClN4O3S/c1-9-16(14,15)3-2-10-5-4-11-12-7(13)6(5)8/h4,9H,2-3H2,1H3,(H2,10,12,13). The summed E-state index contributed by atoms with van der Waals surface area (Å²) in [6.45, 7) is 0.133. The lowest BCUT2D eigenvalue weighted by Gasteiger charge is -2.06. The minimum atomic E-state index is -3.27. The van der Waals surface area contributed by atoms with Gasteiger partial charge in [-0.15, -0.1) is 0 Å². The molecule has 0 saturated carbocycles. The van der Waals surface area contributed by atoms with Gasteiger partial charge in [-0.25, -0.2) is 18.2 Å². The van der Waals surface area contributed by atoms with Crippen LogP contribution in [0.4, 0.5) is 5.69 Å². The molecule has 0 aromatic carbocycles. The van der Waals surface area contributed by atoms with Crippen molar-refractivity contribution >= 4 is 27.3 Å². The van der Waals surface area contributed by atoms with Crippen molar-refractivity contribution in [3.63, 3.8) is 0 Å². The molecule has 16 heavy (non-hydrogen) atoms. The van der Waals surface area contributed by atoms with Crippen LogP contribution in [-0.2, 0) is 10.0 Å². The fourth-order valence-corrected chi connectivity index (χ4v) is 1.66. The van der Waals surface area contributed by atoms with Gasteiger partial charge < -0.3 is 5.32 Å². The Labute approximate surface area is 97.3 Å². The predicted octanol–water partition coefficient (Wildman–Crippen LogP) is -0.616. The van der Waals surface area contributed by atoms with Crippen LogP contribution in [0.2, 0.25) is 5.02 Å². The predicted molar refractivity (Wildman–Crippen MR) is 61.2 cm³/mol. The van der Waals surface area contributed by atoms with Crippen LogP contribution in [0.25, 0.3) is 0 Å². The minimum Gasteiger partial charge on any atom is -0.381 e. The highest BCUT2D eigenvalue weighted by Crippen LogP contribution is 2.13. The van der Waals surface area contributed by atoms with Gasteiger partial charge in [-0.3, -0.25) is 4.79 Å². The molecule has 0 spiro atoms. The molecule has 0 aliphatic carbocycles.